The van der Waals surface area contributed by atoms with Gasteiger partial charge in [-0.05, 0) is 12.1 Å². The smallest absolute Gasteiger partial charge is 0.166 e. The molecule has 0 amide bonds. The van der Waals surface area contributed by atoms with E-state index >= 15 is 0 Å². The molecule has 0 aliphatic carbocycles. The van der Waals surface area contributed by atoms with Gasteiger partial charge < -0.3 is 10.5 Å². The monoisotopic (exact) mass is 254 g/mol. The van der Waals surface area contributed by atoms with Crippen LogP contribution in [0.3, 0.4) is 0 Å². The molecule has 0 unspecified atom stereocenters. The number of rotatable bonds is 3. The van der Waals surface area contributed by atoms with E-state index in [0.29, 0.717) is 12.1 Å². The lowest BCUT2D eigenvalue weighted by Crippen LogP contribution is -2.04. The summed E-state index contributed by atoms with van der Waals surface area (Å²) in [7, 11) is 0. The van der Waals surface area contributed by atoms with E-state index < -0.39 is 24.1 Å². The van der Waals surface area contributed by atoms with Gasteiger partial charge in [-0.25, -0.2) is 18.2 Å². The van der Waals surface area contributed by atoms with Crippen molar-refractivity contribution < 1.29 is 17.9 Å². The van der Waals surface area contributed by atoms with E-state index in [1.54, 1.807) is 6.07 Å². The van der Waals surface area contributed by atoms with Crippen LogP contribution in [-0.2, 0) is 6.61 Å². The van der Waals surface area contributed by atoms with Crippen molar-refractivity contribution in [3.63, 3.8) is 0 Å². The lowest BCUT2D eigenvalue weighted by Gasteiger charge is -2.09. The molecule has 18 heavy (non-hydrogen) atoms. The Balaban J connectivity index is 2.19. The Bertz CT molecular complexity index is 552. The minimum atomic E-state index is -1.00. The van der Waals surface area contributed by atoms with Gasteiger partial charge >= 0.3 is 0 Å². The lowest BCUT2D eigenvalue weighted by atomic mass is 10.2. The number of nitrogens with two attached hydrogens (primary N) is 1. The standard InChI is InChI=1S/C12H9F3N2O/c13-7-4-9(14)8(10(15)5-7)6-18-11-2-1-3-17-12(11)16/h1-5H,6H2,(H2,16,17). The minimum Gasteiger partial charge on any atom is -0.485 e. The van der Waals surface area contributed by atoms with Crippen LogP contribution in [0.25, 0.3) is 0 Å². The van der Waals surface area contributed by atoms with Gasteiger partial charge in [0.2, 0.25) is 0 Å². The first-order valence-electron chi connectivity index (χ1n) is 5.04. The molecule has 2 aromatic rings. The van der Waals surface area contributed by atoms with Crippen molar-refractivity contribution in [1.29, 1.82) is 0 Å². The van der Waals surface area contributed by atoms with Gasteiger partial charge in [0.1, 0.15) is 24.1 Å². The fourth-order valence-corrected chi connectivity index (χ4v) is 1.38. The van der Waals surface area contributed by atoms with Crippen LogP contribution in [0.2, 0.25) is 0 Å². The zero-order chi connectivity index (χ0) is 13.1. The second-order valence-corrected chi connectivity index (χ2v) is 3.52. The zero-order valence-corrected chi connectivity index (χ0v) is 9.16. The van der Waals surface area contributed by atoms with Gasteiger partial charge in [-0.3, -0.25) is 0 Å². The number of hydrogen-bond donors (Lipinski definition) is 1. The molecule has 0 saturated carbocycles. The van der Waals surface area contributed by atoms with E-state index in [4.69, 9.17) is 10.5 Å². The third kappa shape index (κ3) is 2.53. The first kappa shape index (κ1) is 12.2. The van der Waals surface area contributed by atoms with Gasteiger partial charge in [0, 0.05) is 18.3 Å². The Hall–Kier alpha value is -2.24. The van der Waals surface area contributed by atoms with Crippen LogP contribution in [0, 0.1) is 17.5 Å². The minimum absolute atomic E-state index is 0.112. The van der Waals surface area contributed by atoms with Crippen LogP contribution in [0.5, 0.6) is 5.75 Å². The van der Waals surface area contributed by atoms with E-state index in [1.807, 2.05) is 0 Å². The molecule has 2 N–H and O–H groups in total. The summed E-state index contributed by atoms with van der Waals surface area (Å²) in [6.45, 7) is -0.395. The van der Waals surface area contributed by atoms with E-state index in [0.717, 1.165) is 0 Å². The molecule has 1 heterocycles. The van der Waals surface area contributed by atoms with Crippen LogP contribution in [0.4, 0.5) is 19.0 Å². The Kier molecular flexibility index (Phi) is 3.36. The molecule has 0 aliphatic heterocycles. The van der Waals surface area contributed by atoms with Crippen LogP contribution < -0.4 is 10.5 Å². The highest BCUT2D eigenvalue weighted by atomic mass is 19.1. The molecular formula is C12H9F3N2O. The van der Waals surface area contributed by atoms with Gasteiger partial charge in [0.25, 0.3) is 0 Å². The number of nitrogen functional groups attached to an aromatic ring is 1. The summed E-state index contributed by atoms with van der Waals surface area (Å²) in [5, 5.41) is 0. The Morgan fingerprint density at radius 2 is 1.83 bits per heavy atom. The molecule has 0 saturated heterocycles. The lowest BCUT2D eigenvalue weighted by molar-refractivity contribution is 0.292. The van der Waals surface area contributed by atoms with Gasteiger partial charge in [0.05, 0.1) is 5.56 Å². The third-order valence-corrected chi connectivity index (χ3v) is 2.28. The quantitative estimate of drug-likeness (QED) is 0.916. The molecule has 1 aromatic heterocycles. The van der Waals surface area contributed by atoms with Crippen molar-refractivity contribution in [2.75, 3.05) is 5.73 Å². The number of anilines is 1. The van der Waals surface area contributed by atoms with Crippen LogP contribution >= 0.6 is 0 Å². The third-order valence-electron chi connectivity index (χ3n) is 2.28. The molecule has 0 atom stereocenters. The van der Waals surface area contributed by atoms with Crippen molar-refractivity contribution in [3.05, 3.63) is 53.5 Å². The number of nitrogens with zero attached hydrogens (tertiary/aromatic N) is 1. The average Bonchev–Trinajstić information content (AvgIpc) is 2.30. The largest absolute Gasteiger partial charge is 0.485 e. The van der Waals surface area contributed by atoms with Crippen molar-refractivity contribution in [2.24, 2.45) is 0 Å². The number of pyridine rings is 1. The van der Waals surface area contributed by atoms with Crippen molar-refractivity contribution >= 4 is 5.82 Å². The van der Waals surface area contributed by atoms with Crippen LogP contribution in [0.15, 0.2) is 30.5 Å². The van der Waals surface area contributed by atoms with E-state index in [2.05, 4.69) is 4.98 Å². The van der Waals surface area contributed by atoms with Crippen molar-refractivity contribution in [1.82, 2.24) is 4.98 Å². The first-order chi connectivity index (χ1) is 8.58. The maximum atomic E-state index is 13.3. The van der Waals surface area contributed by atoms with Crippen molar-refractivity contribution in [2.45, 2.75) is 6.61 Å². The summed E-state index contributed by atoms with van der Waals surface area (Å²) < 4.78 is 44.4. The highest BCUT2D eigenvalue weighted by Gasteiger charge is 2.12. The fourth-order valence-electron chi connectivity index (χ4n) is 1.38. The summed E-state index contributed by atoms with van der Waals surface area (Å²) in [6, 6.07) is 4.27. The van der Waals surface area contributed by atoms with Crippen molar-refractivity contribution in [3.8, 4) is 5.75 Å². The molecule has 0 aliphatic rings. The topological polar surface area (TPSA) is 48.1 Å². The van der Waals surface area contributed by atoms with E-state index in [1.165, 1.54) is 12.3 Å². The summed E-state index contributed by atoms with van der Waals surface area (Å²) in [5.41, 5.74) is 5.14. The molecule has 1 aromatic carbocycles. The second kappa shape index (κ2) is 4.95. The number of benzene rings is 1. The number of aromatic nitrogens is 1. The maximum absolute atomic E-state index is 13.3. The molecule has 6 heteroatoms. The Morgan fingerprint density at radius 1 is 1.17 bits per heavy atom. The molecule has 2 rings (SSSR count). The van der Waals surface area contributed by atoms with Crippen LogP contribution in [-0.4, -0.2) is 4.98 Å². The predicted octanol–water partition coefficient (Wildman–Crippen LogP) is 2.66. The van der Waals surface area contributed by atoms with Gasteiger partial charge in [-0.1, -0.05) is 0 Å². The summed E-state index contributed by atoms with van der Waals surface area (Å²) in [6.07, 6.45) is 1.46. The normalized spacial score (nSPS) is 10.4. The van der Waals surface area contributed by atoms with E-state index in [-0.39, 0.29) is 17.1 Å². The molecule has 0 radical (unpaired) electrons. The molecule has 3 nitrogen and oxygen atoms in total. The van der Waals surface area contributed by atoms with E-state index in [9.17, 15) is 13.2 Å². The Morgan fingerprint density at radius 3 is 2.44 bits per heavy atom. The highest BCUT2D eigenvalue weighted by Crippen LogP contribution is 2.21. The molecule has 0 spiro atoms. The Labute approximate surface area is 101 Å². The average molecular weight is 254 g/mol. The number of halogens is 3. The summed E-state index contributed by atoms with van der Waals surface area (Å²) in [5.74, 6) is -2.67. The highest BCUT2D eigenvalue weighted by molar-refractivity contribution is 5.44. The summed E-state index contributed by atoms with van der Waals surface area (Å²) >= 11 is 0. The van der Waals surface area contributed by atoms with Gasteiger partial charge in [0.15, 0.2) is 11.6 Å². The van der Waals surface area contributed by atoms with Gasteiger partial charge in [-0.15, -0.1) is 0 Å². The molecule has 0 bridgehead atoms. The number of ether oxygens (including phenoxy) is 1. The fraction of sp³-hybridized carbons (Fsp3) is 0.0833. The molecule has 0 fully saturated rings. The van der Waals surface area contributed by atoms with Gasteiger partial charge in [-0.2, -0.15) is 0 Å². The zero-order valence-electron chi connectivity index (χ0n) is 9.16. The maximum Gasteiger partial charge on any atom is 0.166 e. The first-order valence-corrected chi connectivity index (χ1v) is 5.04. The summed E-state index contributed by atoms with van der Waals surface area (Å²) in [4.78, 5) is 3.76. The predicted molar refractivity (Wildman–Crippen MR) is 59.3 cm³/mol. The number of hydrogen-bond acceptors (Lipinski definition) is 3. The molecule has 94 valence electrons. The second-order valence-electron chi connectivity index (χ2n) is 3.52. The van der Waals surface area contributed by atoms with Crippen LogP contribution in [0.1, 0.15) is 5.56 Å². The molecular weight excluding hydrogens is 245 g/mol. The SMILES string of the molecule is Nc1ncccc1OCc1c(F)cc(F)cc1F.